The molecule has 0 saturated heterocycles. The number of hydrogen-bond donors (Lipinski definition) is 1. The number of carbonyl (C=O) groups is 1. The van der Waals surface area contributed by atoms with Gasteiger partial charge < -0.3 is 14.2 Å². The fraction of sp³-hybridized carbons (Fsp3) is 0.167. The Morgan fingerprint density at radius 2 is 2.00 bits per heavy atom. The summed E-state index contributed by atoms with van der Waals surface area (Å²) in [6, 6.07) is 13.2. The predicted molar refractivity (Wildman–Crippen MR) is 85.3 cm³/mol. The maximum atomic E-state index is 11.9. The van der Waals surface area contributed by atoms with E-state index in [1.165, 1.54) is 6.08 Å². The molecule has 3 aromatic rings. The molecule has 1 atom stereocenters. The highest BCUT2D eigenvalue weighted by Crippen LogP contribution is 2.23. The molecule has 2 heterocycles. The van der Waals surface area contributed by atoms with E-state index in [0.717, 1.165) is 22.5 Å². The molecule has 3 rings (SSSR count). The zero-order valence-corrected chi connectivity index (χ0v) is 12.5. The van der Waals surface area contributed by atoms with Crippen molar-refractivity contribution in [1.29, 1.82) is 0 Å². The van der Waals surface area contributed by atoms with E-state index < -0.39 is 0 Å². The van der Waals surface area contributed by atoms with Gasteiger partial charge in [0.05, 0.1) is 6.04 Å². The highest BCUT2D eigenvalue weighted by atomic mass is 16.3. The summed E-state index contributed by atoms with van der Waals surface area (Å²) >= 11 is 0. The van der Waals surface area contributed by atoms with Crippen LogP contribution < -0.4 is 5.32 Å². The molecular formula is C18H17NO3. The van der Waals surface area contributed by atoms with E-state index in [1.807, 2.05) is 56.3 Å². The monoisotopic (exact) mass is 295 g/mol. The van der Waals surface area contributed by atoms with Crippen molar-refractivity contribution in [3.63, 3.8) is 0 Å². The van der Waals surface area contributed by atoms with Crippen LogP contribution in [-0.2, 0) is 4.79 Å². The van der Waals surface area contributed by atoms with Crippen LogP contribution in [0.25, 0.3) is 17.0 Å². The standard InChI is InChI=1S/C18H17NO3/c1-12-7-8-15(21-12)9-10-18(20)19-13(2)17-11-14-5-3-4-6-16(14)22-17/h3-11,13H,1-2H3,(H,19,20)/b10-9+. The SMILES string of the molecule is Cc1ccc(/C=C/C(=O)NC(C)c2cc3ccccc3o2)o1. The lowest BCUT2D eigenvalue weighted by molar-refractivity contribution is -0.117. The van der Waals surface area contributed by atoms with Crippen molar-refractivity contribution in [1.82, 2.24) is 5.32 Å². The fourth-order valence-electron chi connectivity index (χ4n) is 2.25. The van der Waals surface area contributed by atoms with E-state index in [0.29, 0.717) is 5.76 Å². The van der Waals surface area contributed by atoms with Crippen molar-refractivity contribution in [2.24, 2.45) is 0 Å². The Balaban J connectivity index is 1.66. The normalized spacial score (nSPS) is 12.8. The van der Waals surface area contributed by atoms with Crippen LogP contribution in [0.2, 0.25) is 0 Å². The molecule has 0 fully saturated rings. The first kappa shape index (κ1) is 14.2. The average Bonchev–Trinajstić information content (AvgIpc) is 3.11. The third kappa shape index (κ3) is 3.11. The molecule has 0 aliphatic rings. The third-order valence-electron chi connectivity index (χ3n) is 3.39. The van der Waals surface area contributed by atoms with Gasteiger partial charge in [0.25, 0.3) is 0 Å². The summed E-state index contributed by atoms with van der Waals surface area (Å²) in [4.78, 5) is 11.9. The summed E-state index contributed by atoms with van der Waals surface area (Å²) in [6.45, 7) is 3.75. The number of rotatable bonds is 4. The molecule has 1 amide bonds. The zero-order valence-electron chi connectivity index (χ0n) is 12.5. The Bertz CT molecular complexity index is 793. The lowest BCUT2D eigenvalue weighted by atomic mass is 10.2. The van der Waals surface area contributed by atoms with Crippen LogP contribution in [0.4, 0.5) is 0 Å². The number of nitrogens with one attached hydrogen (secondary N) is 1. The maximum Gasteiger partial charge on any atom is 0.244 e. The summed E-state index contributed by atoms with van der Waals surface area (Å²) < 4.78 is 11.1. The first-order valence-electron chi connectivity index (χ1n) is 7.15. The quantitative estimate of drug-likeness (QED) is 0.733. The Hall–Kier alpha value is -2.75. The number of carbonyl (C=O) groups excluding carboxylic acids is 1. The van der Waals surface area contributed by atoms with Crippen molar-refractivity contribution in [3.8, 4) is 0 Å². The fourth-order valence-corrected chi connectivity index (χ4v) is 2.25. The van der Waals surface area contributed by atoms with Crippen LogP contribution >= 0.6 is 0 Å². The van der Waals surface area contributed by atoms with E-state index in [-0.39, 0.29) is 11.9 Å². The smallest absolute Gasteiger partial charge is 0.244 e. The number of hydrogen-bond acceptors (Lipinski definition) is 3. The Morgan fingerprint density at radius 1 is 1.18 bits per heavy atom. The van der Waals surface area contributed by atoms with E-state index in [2.05, 4.69) is 5.32 Å². The molecule has 1 unspecified atom stereocenters. The molecule has 4 heteroatoms. The van der Waals surface area contributed by atoms with E-state index in [4.69, 9.17) is 8.83 Å². The van der Waals surface area contributed by atoms with Crippen molar-refractivity contribution in [2.45, 2.75) is 19.9 Å². The Kier molecular flexibility index (Phi) is 3.83. The van der Waals surface area contributed by atoms with Gasteiger partial charge in [0.1, 0.15) is 22.9 Å². The van der Waals surface area contributed by atoms with E-state index in [1.54, 1.807) is 6.08 Å². The molecule has 0 saturated carbocycles. The molecular weight excluding hydrogens is 278 g/mol. The van der Waals surface area contributed by atoms with Crippen molar-refractivity contribution in [2.75, 3.05) is 0 Å². The van der Waals surface area contributed by atoms with Crippen LogP contribution in [0.1, 0.15) is 30.2 Å². The minimum atomic E-state index is -0.206. The van der Waals surface area contributed by atoms with Gasteiger partial charge in [-0.1, -0.05) is 18.2 Å². The average molecular weight is 295 g/mol. The van der Waals surface area contributed by atoms with Gasteiger partial charge in [0, 0.05) is 11.5 Å². The summed E-state index contributed by atoms with van der Waals surface area (Å²) in [5, 5.41) is 3.90. The van der Waals surface area contributed by atoms with Gasteiger partial charge in [0.15, 0.2) is 0 Å². The van der Waals surface area contributed by atoms with Gasteiger partial charge >= 0.3 is 0 Å². The number of furan rings is 2. The lowest BCUT2D eigenvalue weighted by Crippen LogP contribution is -2.24. The Labute approximate surface area is 128 Å². The predicted octanol–water partition coefficient (Wildman–Crippen LogP) is 4.22. The highest BCUT2D eigenvalue weighted by Gasteiger charge is 2.12. The largest absolute Gasteiger partial charge is 0.462 e. The number of fused-ring (bicyclic) bond motifs is 1. The first-order valence-corrected chi connectivity index (χ1v) is 7.15. The van der Waals surface area contributed by atoms with Crippen molar-refractivity contribution >= 4 is 23.0 Å². The summed E-state index contributed by atoms with van der Waals surface area (Å²) in [5.41, 5.74) is 0.820. The van der Waals surface area contributed by atoms with Gasteiger partial charge in [-0.15, -0.1) is 0 Å². The molecule has 0 spiro atoms. The lowest BCUT2D eigenvalue weighted by Gasteiger charge is -2.08. The second-order valence-electron chi connectivity index (χ2n) is 5.20. The number of amides is 1. The van der Waals surface area contributed by atoms with Crippen molar-refractivity contribution < 1.29 is 13.6 Å². The molecule has 0 aliphatic carbocycles. The summed E-state index contributed by atoms with van der Waals surface area (Å²) in [7, 11) is 0. The number of aryl methyl sites for hydroxylation is 1. The molecule has 2 aromatic heterocycles. The second-order valence-corrected chi connectivity index (χ2v) is 5.20. The molecule has 22 heavy (non-hydrogen) atoms. The molecule has 1 aromatic carbocycles. The topological polar surface area (TPSA) is 55.4 Å². The summed E-state index contributed by atoms with van der Waals surface area (Å²) in [6.07, 6.45) is 3.10. The van der Waals surface area contributed by atoms with Crippen LogP contribution in [0.15, 0.2) is 57.4 Å². The van der Waals surface area contributed by atoms with Gasteiger partial charge in [-0.2, -0.15) is 0 Å². The number of benzene rings is 1. The van der Waals surface area contributed by atoms with Gasteiger partial charge in [-0.3, -0.25) is 4.79 Å². The zero-order chi connectivity index (χ0) is 15.5. The molecule has 112 valence electrons. The second kappa shape index (κ2) is 5.93. The molecule has 1 N–H and O–H groups in total. The van der Waals surface area contributed by atoms with E-state index >= 15 is 0 Å². The molecule has 0 bridgehead atoms. The summed E-state index contributed by atoms with van der Waals surface area (Å²) in [5.74, 6) is 2.01. The minimum absolute atomic E-state index is 0.193. The van der Waals surface area contributed by atoms with Gasteiger partial charge in [-0.05, 0) is 44.2 Å². The van der Waals surface area contributed by atoms with Crippen LogP contribution in [-0.4, -0.2) is 5.91 Å². The van der Waals surface area contributed by atoms with Crippen LogP contribution in [0, 0.1) is 6.92 Å². The van der Waals surface area contributed by atoms with Crippen molar-refractivity contribution in [3.05, 3.63) is 65.8 Å². The van der Waals surface area contributed by atoms with Gasteiger partial charge in [-0.25, -0.2) is 0 Å². The minimum Gasteiger partial charge on any atom is -0.462 e. The van der Waals surface area contributed by atoms with Gasteiger partial charge in [0.2, 0.25) is 5.91 Å². The molecule has 0 aliphatic heterocycles. The maximum absolute atomic E-state index is 11.9. The Morgan fingerprint density at radius 3 is 2.73 bits per heavy atom. The first-order chi connectivity index (χ1) is 10.6. The van der Waals surface area contributed by atoms with Crippen LogP contribution in [0.5, 0.6) is 0 Å². The van der Waals surface area contributed by atoms with E-state index in [9.17, 15) is 4.79 Å². The van der Waals surface area contributed by atoms with Crippen LogP contribution in [0.3, 0.4) is 0 Å². The molecule has 4 nitrogen and oxygen atoms in total. The number of para-hydroxylation sites is 1. The highest BCUT2D eigenvalue weighted by molar-refractivity contribution is 5.91. The molecule has 0 radical (unpaired) electrons. The third-order valence-corrected chi connectivity index (χ3v) is 3.39.